The van der Waals surface area contributed by atoms with Crippen LogP contribution in [0, 0.1) is 0 Å². The van der Waals surface area contributed by atoms with Crippen LogP contribution in [0.25, 0.3) is 0 Å². The number of rotatable bonds is 7. The molecule has 0 aromatic heterocycles. The van der Waals surface area contributed by atoms with Crippen LogP contribution in [0.4, 0.5) is 0 Å². The summed E-state index contributed by atoms with van der Waals surface area (Å²) in [4.78, 5) is 22.9. The van der Waals surface area contributed by atoms with Crippen molar-refractivity contribution in [1.82, 2.24) is 0 Å². The molecule has 1 aromatic carbocycles. The molecule has 0 saturated carbocycles. The van der Waals surface area contributed by atoms with E-state index in [-0.39, 0.29) is 75.7 Å². The first-order valence-corrected chi connectivity index (χ1v) is 8.21. The molecule has 0 saturated heterocycles. The Kier molecular flexibility index (Phi) is 10.4. The molecule has 0 amide bonds. The number of ether oxygens (including phenoxy) is 2. The maximum atomic E-state index is 11.8. The van der Waals surface area contributed by atoms with Gasteiger partial charge in [-0.3, -0.25) is 4.55 Å². The summed E-state index contributed by atoms with van der Waals surface area (Å²) in [6.07, 6.45) is 1.17. The summed E-state index contributed by atoms with van der Waals surface area (Å²) in [6, 6.07) is 3.26. The SMILES string of the molecule is CCCOC(=O)c1ccc(C(=O)OCCC)c(S(=O)(=O)O)c1.[KH]. The first-order chi connectivity index (χ1) is 10.3. The van der Waals surface area contributed by atoms with E-state index in [0.29, 0.717) is 12.8 Å². The van der Waals surface area contributed by atoms with Gasteiger partial charge in [0.15, 0.2) is 0 Å². The Labute approximate surface area is 177 Å². The van der Waals surface area contributed by atoms with Gasteiger partial charge >= 0.3 is 63.3 Å². The van der Waals surface area contributed by atoms with E-state index in [2.05, 4.69) is 0 Å². The minimum absolute atomic E-state index is 0. The molecule has 0 aliphatic heterocycles. The Morgan fingerprint density at radius 3 is 2.04 bits per heavy atom. The van der Waals surface area contributed by atoms with Gasteiger partial charge in [0.2, 0.25) is 0 Å². The molecule has 1 N–H and O–H groups in total. The average Bonchev–Trinajstić information content (AvgIpc) is 2.48. The quantitative estimate of drug-likeness (QED) is 0.439. The molecular weight excluding hydrogens is 351 g/mol. The fraction of sp³-hybridized carbons (Fsp3) is 0.429. The van der Waals surface area contributed by atoms with E-state index in [1.807, 2.05) is 6.92 Å². The van der Waals surface area contributed by atoms with E-state index in [9.17, 15) is 22.6 Å². The van der Waals surface area contributed by atoms with E-state index in [1.54, 1.807) is 6.92 Å². The molecule has 1 aromatic rings. The van der Waals surface area contributed by atoms with E-state index in [0.717, 1.165) is 12.1 Å². The second-order valence-corrected chi connectivity index (χ2v) is 5.85. The molecule has 0 unspecified atom stereocenters. The Hall–Kier alpha value is -0.294. The monoisotopic (exact) mass is 370 g/mol. The molecule has 0 heterocycles. The Morgan fingerprint density at radius 2 is 1.57 bits per heavy atom. The van der Waals surface area contributed by atoms with Crippen LogP contribution in [-0.2, 0) is 19.6 Å². The zero-order chi connectivity index (χ0) is 16.8. The van der Waals surface area contributed by atoms with Gasteiger partial charge in [-0.1, -0.05) is 13.8 Å². The van der Waals surface area contributed by atoms with Crippen LogP contribution in [0.2, 0.25) is 0 Å². The Morgan fingerprint density at radius 1 is 1.04 bits per heavy atom. The molecule has 23 heavy (non-hydrogen) atoms. The number of hydrogen-bond acceptors (Lipinski definition) is 6. The first kappa shape index (κ1) is 22.7. The third-order valence-corrected chi connectivity index (χ3v) is 3.48. The van der Waals surface area contributed by atoms with Crippen LogP contribution < -0.4 is 0 Å². The topological polar surface area (TPSA) is 107 Å². The van der Waals surface area contributed by atoms with E-state index in [4.69, 9.17) is 9.47 Å². The fourth-order valence-corrected chi connectivity index (χ4v) is 2.29. The van der Waals surface area contributed by atoms with Gasteiger partial charge in [0, 0.05) is 0 Å². The van der Waals surface area contributed by atoms with Gasteiger partial charge in [-0.05, 0) is 31.0 Å². The standard InChI is InChI=1S/C14H18O7S.K.H/c1-3-7-20-13(15)10-5-6-11(14(16)21-8-4-2)12(9-10)22(17,18)19;;/h5-6,9H,3-4,7-8H2,1-2H3,(H,17,18,19);;. The Balaban J connectivity index is 0.00000484. The predicted molar refractivity (Wildman–Crippen MR) is 84.6 cm³/mol. The molecule has 0 aliphatic carbocycles. The van der Waals surface area contributed by atoms with E-state index < -0.39 is 27.0 Å². The zero-order valence-corrected chi connectivity index (χ0v) is 13.2. The number of esters is 2. The summed E-state index contributed by atoms with van der Waals surface area (Å²) in [5.74, 6) is -1.62. The maximum absolute atomic E-state index is 11.8. The van der Waals surface area contributed by atoms with Crippen molar-refractivity contribution in [3.63, 3.8) is 0 Å². The third kappa shape index (κ3) is 7.00. The molecule has 0 aliphatic rings. The molecule has 0 spiro atoms. The van der Waals surface area contributed by atoms with Gasteiger partial charge in [-0.25, -0.2) is 9.59 Å². The molecule has 0 bridgehead atoms. The number of carbonyl (C=O) groups excluding carboxylic acids is 2. The van der Waals surface area contributed by atoms with Crippen LogP contribution >= 0.6 is 0 Å². The van der Waals surface area contributed by atoms with Gasteiger partial charge < -0.3 is 9.47 Å². The zero-order valence-electron chi connectivity index (χ0n) is 12.4. The second-order valence-electron chi connectivity index (χ2n) is 4.46. The molecule has 124 valence electrons. The fourth-order valence-electron chi connectivity index (χ4n) is 1.58. The van der Waals surface area contributed by atoms with Gasteiger partial charge in [0.05, 0.1) is 24.3 Å². The molecule has 0 atom stereocenters. The van der Waals surface area contributed by atoms with Crippen molar-refractivity contribution in [3.05, 3.63) is 29.3 Å². The number of carbonyl (C=O) groups is 2. The van der Waals surface area contributed by atoms with Crippen molar-refractivity contribution in [2.75, 3.05) is 13.2 Å². The molecular formula is C14H19KO7S. The normalized spacial score (nSPS) is 10.6. The molecule has 0 fully saturated rings. The van der Waals surface area contributed by atoms with Crippen molar-refractivity contribution in [3.8, 4) is 0 Å². The second kappa shape index (κ2) is 10.5. The minimum atomic E-state index is -4.69. The van der Waals surface area contributed by atoms with Crippen molar-refractivity contribution < 1.29 is 32.0 Å². The predicted octanol–water partition coefficient (Wildman–Crippen LogP) is 1.42. The van der Waals surface area contributed by atoms with Crippen LogP contribution in [0.15, 0.2) is 23.1 Å². The number of hydrogen-bond donors (Lipinski definition) is 1. The molecule has 9 heteroatoms. The summed E-state index contributed by atoms with van der Waals surface area (Å²) < 4.78 is 41.8. The van der Waals surface area contributed by atoms with Crippen LogP contribution in [0.5, 0.6) is 0 Å². The molecule has 0 radical (unpaired) electrons. The summed E-state index contributed by atoms with van der Waals surface area (Å²) >= 11 is 0. The van der Waals surface area contributed by atoms with Crippen LogP contribution in [0.3, 0.4) is 0 Å². The average molecular weight is 370 g/mol. The van der Waals surface area contributed by atoms with Crippen molar-refractivity contribution in [1.29, 1.82) is 0 Å². The van der Waals surface area contributed by atoms with Gasteiger partial charge in [-0.2, -0.15) is 8.42 Å². The van der Waals surface area contributed by atoms with Gasteiger partial charge in [-0.15, -0.1) is 0 Å². The summed E-state index contributed by atoms with van der Waals surface area (Å²) in [5, 5.41) is 0. The van der Waals surface area contributed by atoms with E-state index >= 15 is 0 Å². The van der Waals surface area contributed by atoms with Gasteiger partial charge in [0.1, 0.15) is 4.90 Å². The number of benzene rings is 1. The van der Waals surface area contributed by atoms with Crippen molar-refractivity contribution >= 4 is 73.4 Å². The molecule has 1 rings (SSSR count). The molecule has 7 nitrogen and oxygen atoms in total. The van der Waals surface area contributed by atoms with Crippen LogP contribution in [0.1, 0.15) is 47.4 Å². The van der Waals surface area contributed by atoms with Crippen LogP contribution in [-0.4, -0.2) is 89.5 Å². The third-order valence-electron chi connectivity index (χ3n) is 2.59. The summed E-state index contributed by atoms with van der Waals surface area (Å²) in [6.45, 7) is 3.89. The van der Waals surface area contributed by atoms with E-state index in [1.165, 1.54) is 6.07 Å². The van der Waals surface area contributed by atoms with Crippen molar-refractivity contribution in [2.45, 2.75) is 31.6 Å². The van der Waals surface area contributed by atoms with Gasteiger partial charge in [0.25, 0.3) is 10.1 Å². The first-order valence-electron chi connectivity index (χ1n) is 6.77. The summed E-state index contributed by atoms with van der Waals surface area (Å²) in [7, 11) is -4.69. The van der Waals surface area contributed by atoms with Crippen molar-refractivity contribution in [2.24, 2.45) is 0 Å². The summed E-state index contributed by atoms with van der Waals surface area (Å²) in [5.41, 5.74) is -0.406. The Bertz CT molecular complexity index is 655.